The van der Waals surface area contributed by atoms with Crippen LogP contribution in [0.4, 0.5) is 0 Å². The van der Waals surface area contributed by atoms with Crippen LogP contribution in [0.5, 0.6) is 0 Å². The molecule has 0 fully saturated rings. The summed E-state index contributed by atoms with van der Waals surface area (Å²) >= 11 is 9.58. The smallest absolute Gasteiger partial charge is 0.0412 e. The second-order valence-electron chi connectivity index (χ2n) is 4.85. The van der Waals surface area contributed by atoms with Gasteiger partial charge in [0.15, 0.2) is 0 Å². The van der Waals surface area contributed by atoms with Crippen molar-refractivity contribution in [2.24, 2.45) is 5.92 Å². The Hall–Kier alpha value is -0.310. The van der Waals surface area contributed by atoms with Crippen molar-refractivity contribution in [2.75, 3.05) is 13.1 Å². The van der Waals surface area contributed by atoms with E-state index in [2.05, 4.69) is 48.1 Å². The Morgan fingerprint density at radius 3 is 2.78 bits per heavy atom. The molecule has 1 N–H and O–H groups in total. The summed E-state index contributed by atoms with van der Waals surface area (Å²) in [5.41, 5.74) is 2.53. The molecule has 100 valence electrons. The van der Waals surface area contributed by atoms with E-state index >= 15 is 0 Å². The van der Waals surface area contributed by atoms with Crippen LogP contribution in [0.1, 0.15) is 32.8 Å². The maximum Gasteiger partial charge on any atom is 0.0412 e. The zero-order valence-electron chi connectivity index (χ0n) is 11.3. The Balaban J connectivity index is 2.74. The quantitative estimate of drug-likeness (QED) is 0.761. The van der Waals surface area contributed by atoms with E-state index in [0.717, 1.165) is 34.6 Å². The molecule has 0 aromatic heterocycles. The molecule has 0 spiro atoms. The lowest BCUT2D eigenvalue weighted by atomic mass is 10.1. The Morgan fingerprint density at radius 1 is 1.44 bits per heavy atom. The molecule has 0 saturated heterocycles. The van der Waals surface area contributed by atoms with Crippen molar-refractivity contribution in [1.29, 1.82) is 0 Å². The van der Waals surface area contributed by atoms with Gasteiger partial charge in [-0.1, -0.05) is 60.0 Å². The van der Waals surface area contributed by atoms with Crippen molar-refractivity contribution in [2.45, 2.75) is 27.2 Å². The third-order valence-electron chi connectivity index (χ3n) is 2.68. The Morgan fingerprint density at radius 2 is 2.17 bits per heavy atom. The highest BCUT2D eigenvalue weighted by Crippen LogP contribution is 2.23. The highest BCUT2D eigenvalue weighted by molar-refractivity contribution is 9.10. The van der Waals surface area contributed by atoms with Crippen LogP contribution < -0.4 is 5.32 Å². The van der Waals surface area contributed by atoms with Crippen LogP contribution in [0.25, 0.3) is 6.08 Å². The molecule has 1 rings (SSSR count). The highest BCUT2D eigenvalue weighted by atomic mass is 79.9. The molecular weight excluding hydrogens is 310 g/mol. The highest BCUT2D eigenvalue weighted by Gasteiger charge is 2.01. The van der Waals surface area contributed by atoms with Crippen LogP contribution in [0.2, 0.25) is 5.02 Å². The van der Waals surface area contributed by atoms with Crippen molar-refractivity contribution in [3.63, 3.8) is 0 Å². The van der Waals surface area contributed by atoms with Crippen molar-refractivity contribution < 1.29 is 0 Å². The molecular formula is C15H21BrClN. The molecule has 18 heavy (non-hydrogen) atoms. The van der Waals surface area contributed by atoms with Crippen molar-refractivity contribution >= 4 is 33.6 Å². The number of rotatable bonds is 6. The first-order valence-electron chi connectivity index (χ1n) is 6.38. The van der Waals surface area contributed by atoms with Gasteiger partial charge in [0.05, 0.1) is 0 Å². The minimum atomic E-state index is 0.681. The standard InChI is InChI=1S/C15H21BrClN/c1-4-12(10-18-9-11(2)3)7-13-8-14(17)5-6-15(13)16/h5-8,11,18H,4,9-10H2,1-3H3. The fourth-order valence-electron chi connectivity index (χ4n) is 1.64. The van der Waals surface area contributed by atoms with Gasteiger partial charge in [-0.3, -0.25) is 0 Å². The first-order chi connectivity index (χ1) is 8.52. The van der Waals surface area contributed by atoms with Gasteiger partial charge < -0.3 is 5.32 Å². The molecule has 0 aliphatic rings. The number of benzene rings is 1. The van der Waals surface area contributed by atoms with Gasteiger partial charge in [0, 0.05) is 16.0 Å². The van der Waals surface area contributed by atoms with Gasteiger partial charge in [0.2, 0.25) is 0 Å². The number of nitrogens with one attached hydrogen (secondary N) is 1. The van der Waals surface area contributed by atoms with E-state index in [1.54, 1.807) is 0 Å². The normalized spacial score (nSPS) is 12.2. The van der Waals surface area contributed by atoms with Gasteiger partial charge >= 0.3 is 0 Å². The molecule has 0 atom stereocenters. The molecule has 1 aromatic rings. The largest absolute Gasteiger partial charge is 0.313 e. The van der Waals surface area contributed by atoms with Crippen LogP contribution in [-0.2, 0) is 0 Å². The predicted molar refractivity (Wildman–Crippen MR) is 85.1 cm³/mol. The summed E-state index contributed by atoms with van der Waals surface area (Å²) in [5.74, 6) is 0.681. The van der Waals surface area contributed by atoms with Crippen LogP contribution >= 0.6 is 27.5 Å². The summed E-state index contributed by atoms with van der Waals surface area (Å²) in [7, 11) is 0. The minimum Gasteiger partial charge on any atom is -0.313 e. The first-order valence-corrected chi connectivity index (χ1v) is 7.55. The first kappa shape index (κ1) is 15.7. The van der Waals surface area contributed by atoms with Gasteiger partial charge in [-0.15, -0.1) is 0 Å². The zero-order valence-corrected chi connectivity index (χ0v) is 13.6. The fraction of sp³-hybridized carbons (Fsp3) is 0.467. The Labute approximate surface area is 124 Å². The number of hydrogen-bond donors (Lipinski definition) is 1. The van der Waals surface area contributed by atoms with Crippen LogP contribution in [0.3, 0.4) is 0 Å². The van der Waals surface area contributed by atoms with E-state index in [4.69, 9.17) is 11.6 Å². The third kappa shape index (κ3) is 5.55. The summed E-state index contributed by atoms with van der Waals surface area (Å²) < 4.78 is 1.08. The number of hydrogen-bond acceptors (Lipinski definition) is 1. The van der Waals surface area contributed by atoms with Crippen LogP contribution in [0.15, 0.2) is 28.2 Å². The summed E-state index contributed by atoms with van der Waals surface area (Å²) in [6.07, 6.45) is 3.26. The Kier molecular flexibility index (Phi) is 6.98. The maximum atomic E-state index is 6.02. The average molecular weight is 331 g/mol. The second kappa shape index (κ2) is 7.98. The molecule has 0 saturated carbocycles. The Bertz CT molecular complexity index is 413. The minimum absolute atomic E-state index is 0.681. The third-order valence-corrected chi connectivity index (χ3v) is 3.63. The molecule has 1 nitrogen and oxygen atoms in total. The van der Waals surface area contributed by atoms with E-state index in [1.165, 1.54) is 5.57 Å². The molecule has 0 heterocycles. The van der Waals surface area contributed by atoms with E-state index in [0.29, 0.717) is 5.92 Å². The lowest BCUT2D eigenvalue weighted by molar-refractivity contribution is 0.569. The van der Waals surface area contributed by atoms with Gasteiger partial charge in [0.25, 0.3) is 0 Å². The molecule has 0 aliphatic carbocycles. The van der Waals surface area contributed by atoms with Crippen molar-refractivity contribution in [3.8, 4) is 0 Å². The fourth-order valence-corrected chi connectivity index (χ4v) is 2.19. The molecule has 0 aliphatic heterocycles. The average Bonchev–Trinajstić information content (AvgIpc) is 2.32. The van der Waals surface area contributed by atoms with Gasteiger partial charge in [-0.2, -0.15) is 0 Å². The van der Waals surface area contributed by atoms with E-state index in [9.17, 15) is 0 Å². The molecule has 0 bridgehead atoms. The summed E-state index contributed by atoms with van der Waals surface area (Å²) in [5, 5.41) is 4.25. The summed E-state index contributed by atoms with van der Waals surface area (Å²) in [6.45, 7) is 8.61. The molecule has 3 heteroatoms. The van der Waals surface area contributed by atoms with Gasteiger partial charge in [0.1, 0.15) is 0 Å². The molecule has 1 aromatic carbocycles. The maximum absolute atomic E-state index is 6.02. The summed E-state index contributed by atoms with van der Waals surface area (Å²) in [4.78, 5) is 0. The monoisotopic (exact) mass is 329 g/mol. The van der Waals surface area contributed by atoms with Gasteiger partial charge in [-0.05, 0) is 42.6 Å². The SMILES string of the molecule is CCC(=Cc1cc(Cl)ccc1Br)CNCC(C)C. The lowest BCUT2D eigenvalue weighted by Crippen LogP contribution is -2.21. The van der Waals surface area contributed by atoms with Crippen molar-refractivity contribution in [1.82, 2.24) is 5.32 Å². The van der Waals surface area contributed by atoms with Crippen LogP contribution in [0, 0.1) is 5.92 Å². The van der Waals surface area contributed by atoms with E-state index in [1.807, 2.05) is 18.2 Å². The number of halogens is 2. The molecule has 0 unspecified atom stereocenters. The topological polar surface area (TPSA) is 12.0 Å². The van der Waals surface area contributed by atoms with E-state index < -0.39 is 0 Å². The van der Waals surface area contributed by atoms with Crippen molar-refractivity contribution in [3.05, 3.63) is 38.8 Å². The second-order valence-corrected chi connectivity index (χ2v) is 6.14. The van der Waals surface area contributed by atoms with Crippen LogP contribution in [-0.4, -0.2) is 13.1 Å². The lowest BCUT2D eigenvalue weighted by Gasteiger charge is -2.10. The zero-order chi connectivity index (χ0) is 13.5. The van der Waals surface area contributed by atoms with E-state index in [-0.39, 0.29) is 0 Å². The van der Waals surface area contributed by atoms with Gasteiger partial charge in [-0.25, -0.2) is 0 Å². The summed E-state index contributed by atoms with van der Waals surface area (Å²) in [6, 6.07) is 5.87. The molecule has 0 amide bonds. The molecule has 0 radical (unpaired) electrons. The predicted octanol–water partition coefficient (Wildman–Crippen LogP) is 5.14.